The monoisotopic (exact) mass is 837 g/mol. The molecule has 13 nitrogen and oxygen atoms in total. The van der Waals surface area contributed by atoms with Crippen molar-refractivity contribution in [2.75, 3.05) is 37.7 Å². The summed E-state index contributed by atoms with van der Waals surface area (Å²) in [5.41, 5.74) is 0.886. The maximum atomic E-state index is 15.3. The van der Waals surface area contributed by atoms with Crippen LogP contribution in [0.25, 0.3) is 11.1 Å². The Labute approximate surface area is 347 Å². The zero-order valence-corrected chi connectivity index (χ0v) is 35.0. The lowest BCUT2D eigenvalue weighted by atomic mass is 9.82. The lowest BCUT2D eigenvalue weighted by Gasteiger charge is -2.44. The lowest BCUT2D eigenvalue weighted by Crippen LogP contribution is -2.49. The minimum absolute atomic E-state index is 0.00742. The molecule has 16 heteroatoms. The number of carbonyl (C=O) groups is 5. The van der Waals surface area contributed by atoms with Crippen LogP contribution in [-0.4, -0.2) is 115 Å². The Morgan fingerprint density at radius 2 is 1.66 bits per heavy atom. The number of carbonyl (C=O) groups excluding carboxylic acids is 4. The highest BCUT2D eigenvalue weighted by Gasteiger charge is 2.41. The minimum Gasteiger partial charge on any atom is -0.480 e. The number of thioether (sulfide) groups is 1. The van der Waals surface area contributed by atoms with Gasteiger partial charge in [-0.15, -0.1) is 0 Å². The number of halogens is 2. The quantitative estimate of drug-likeness (QED) is 0.121. The summed E-state index contributed by atoms with van der Waals surface area (Å²) in [6.45, 7) is 12.2. The van der Waals surface area contributed by atoms with E-state index in [4.69, 9.17) is 4.74 Å². The number of hydrogen-bond acceptors (Lipinski definition) is 9. The van der Waals surface area contributed by atoms with Crippen LogP contribution < -0.4 is 5.32 Å². The fraction of sp³-hybridized carbons (Fsp3) is 0.465. The Kier molecular flexibility index (Phi) is 14.4. The number of aliphatic hydroxyl groups excluding tert-OH is 1. The number of ether oxygens (including phenoxy) is 1. The molecule has 0 bridgehead atoms. The molecule has 0 aliphatic carbocycles. The van der Waals surface area contributed by atoms with Crippen LogP contribution in [0.5, 0.6) is 0 Å². The van der Waals surface area contributed by atoms with E-state index in [1.165, 1.54) is 0 Å². The normalized spacial score (nSPS) is 17.4. The molecule has 4 amide bonds. The second-order valence-corrected chi connectivity index (χ2v) is 18.1. The highest BCUT2D eigenvalue weighted by molar-refractivity contribution is 7.99. The smallest absolute Gasteiger partial charge is 0.410 e. The summed E-state index contributed by atoms with van der Waals surface area (Å²) < 4.78 is 37.5. The summed E-state index contributed by atoms with van der Waals surface area (Å²) >= 11 is 1.09. The maximum absolute atomic E-state index is 15.3. The summed E-state index contributed by atoms with van der Waals surface area (Å²) in [6, 6.07) is 12.8. The lowest BCUT2D eigenvalue weighted by molar-refractivity contribution is -0.143. The summed E-state index contributed by atoms with van der Waals surface area (Å²) in [4.78, 5) is 66.2. The van der Waals surface area contributed by atoms with E-state index in [0.29, 0.717) is 48.8 Å². The number of carboxylic acid groups (broad SMARTS) is 1. The molecule has 0 radical (unpaired) electrons. The molecule has 1 aromatic heterocycles. The number of aliphatic hydroxyl groups is 1. The van der Waals surface area contributed by atoms with Crippen molar-refractivity contribution in [1.82, 2.24) is 24.6 Å². The maximum Gasteiger partial charge on any atom is 0.410 e. The molecule has 4 atom stereocenters. The van der Waals surface area contributed by atoms with E-state index < -0.39 is 77.3 Å². The van der Waals surface area contributed by atoms with Crippen LogP contribution in [0, 0.1) is 23.0 Å². The van der Waals surface area contributed by atoms with Gasteiger partial charge in [-0.05, 0) is 68.4 Å². The van der Waals surface area contributed by atoms with Crippen LogP contribution >= 0.6 is 11.8 Å². The van der Waals surface area contributed by atoms with E-state index in [9.17, 15) is 38.6 Å². The van der Waals surface area contributed by atoms with Gasteiger partial charge >= 0.3 is 12.1 Å². The van der Waals surface area contributed by atoms with Gasteiger partial charge < -0.3 is 29.7 Å². The van der Waals surface area contributed by atoms with Gasteiger partial charge in [-0.1, -0.05) is 51.1 Å². The van der Waals surface area contributed by atoms with Crippen LogP contribution in [0.15, 0.2) is 72.9 Å². The highest BCUT2D eigenvalue weighted by Crippen LogP contribution is 2.43. The molecule has 3 heterocycles. The van der Waals surface area contributed by atoms with Crippen molar-refractivity contribution < 1.29 is 47.7 Å². The molecule has 3 aromatic rings. The van der Waals surface area contributed by atoms with E-state index >= 15 is 4.39 Å². The van der Waals surface area contributed by atoms with E-state index in [2.05, 4.69) is 5.32 Å². The Hall–Kier alpha value is -5.06. The fourth-order valence-electron chi connectivity index (χ4n) is 7.36. The number of hydrogen-bond donors (Lipinski definition) is 3. The summed E-state index contributed by atoms with van der Waals surface area (Å²) in [5.74, 6) is -5.00. The summed E-state index contributed by atoms with van der Waals surface area (Å²) in [6.07, 6.45) is 2.80. The topological polar surface area (TPSA) is 162 Å². The van der Waals surface area contributed by atoms with Crippen LogP contribution in [0.3, 0.4) is 0 Å². The molecule has 1 saturated heterocycles. The number of rotatable bonds is 16. The molecule has 2 aromatic carbocycles. The number of nitrogens with zero attached hydrogens (tertiary/aromatic N) is 4. The third-order valence-electron chi connectivity index (χ3n) is 9.97. The number of benzene rings is 2. The van der Waals surface area contributed by atoms with Crippen molar-refractivity contribution >= 4 is 41.5 Å². The van der Waals surface area contributed by atoms with Crippen LogP contribution in [0.4, 0.5) is 13.6 Å². The molecule has 0 saturated carbocycles. The molecular weight excluding hydrogens is 785 g/mol. The fourth-order valence-corrected chi connectivity index (χ4v) is 8.36. The Morgan fingerprint density at radius 1 is 0.983 bits per heavy atom. The number of aliphatic carboxylic acids is 1. The average molecular weight is 838 g/mol. The number of nitrogens with one attached hydrogen (secondary N) is 1. The molecular formula is C43H53F2N5O8S. The number of carboxylic acids is 1. The molecule has 1 fully saturated rings. The third kappa shape index (κ3) is 12.0. The van der Waals surface area contributed by atoms with E-state index in [0.717, 1.165) is 47.7 Å². The largest absolute Gasteiger partial charge is 0.480 e. The standard InChI is InChI=1S/C43H53F2N5O8S/c1-42(2,3)39(34-18-29(31-19-30(44)12-13-32(31)45)23-48(34)20-27-10-8-7-9-11-27)50(22-28-16-17-47(21-28)41(57)58-43(4,5)6)38(54)26-59-25-33(40(55)56)46-35(51)24-49-36(52)14-15-37(49)53/h7-15,18-19,23,28,33,38-39,54H,16-17,20-22,24-26H2,1-6H3,(H,46,51)(H,55,56)/t28?,33-,38?,39-/m0/s1. The minimum atomic E-state index is -1.41. The SMILES string of the molecule is CC(C)(C)OC(=O)N1CCC(CN(C(O)CSC[C@H](NC(=O)CN2C(=O)C=CC2=O)C(=O)O)[C@@H](c2cc(-c3cc(F)ccc3F)cn2Cc2ccccc2)C(C)(C)C)C1. The van der Waals surface area contributed by atoms with Gasteiger partial charge in [-0.2, -0.15) is 11.8 Å². The van der Waals surface area contributed by atoms with Crippen LogP contribution in [0.2, 0.25) is 0 Å². The molecule has 318 valence electrons. The van der Waals surface area contributed by atoms with Gasteiger partial charge in [-0.25, -0.2) is 18.4 Å². The molecule has 2 unspecified atom stereocenters. The first-order valence-electron chi connectivity index (χ1n) is 19.4. The number of imide groups is 1. The molecule has 59 heavy (non-hydrogen) atoms. The average Bonchev–Trinajstić information content (AvgIpc) is 3.87. The molecule has 2 aliphatic heterocycles. The predicted molar refractivity (Wildman–Crippen MR) is 219 cm³/mol. The van der Waals surface area contributed by atoms with Gasteiger partial charge in [0.15, 0.2) is 0 Å². The summed E-state index contributed by atoms with van der Waals surface area (Å²) in [5, 5.41) is 24.5. The Bertz CT molecular complexity index is 2030. The van der Waals surface area contributed by atoms with Gasteiger partial charge in [0.25, 0.3) is 11.8 Å². The summed E-state index contributed by atoms with van der Waals surface area (Å²) in [7, 11) is 0. The van der Waals surface area contributed by atoms with Gasteiger partial charge in [0.1, 0.15) is 36.0 Å². The van der Waals surface area contributed by atoms with E-state index in [1.54, 1.807) is 31.9 Å². The van der Waals surface area contributed by atoms with Crippen molar-refractivity contribution in [3.63, 3.8) is 0 Å². The second-order valence-electron chi connectivity index (χ2n) is 17.0. The zero-order valence-electron chi connectivity index (χ0n) is 34.2. The van der Waals surface area contributed by atoms with E-state index in [-0.39, 0.29) is 23.0 Å². The predicted octanol–water partition coefficient (Wildman–Crippen LogP) is 5.67. The Balaban J connectivity index is 1.46. The number of amides is 4. The molecule has 0 spiro atoms. The number of aromatic nitrogens is 1. The molecule has 3 N–H and O–H groups in total. The van der Waals surface area contributed by atoms with Gasteiger partial charge in [0.2, 0.25) is 5.91 Å². The molecule has 2 aliphatic rings. The van der Waals surface area contributed by atoms with Crippen molar-refractivity contribution in [2.24, 2.45) is 11.3 Å². The zero-order chi connectivity index (χ0) is 43.2. The first kappa shape index (κ1) is 45.0. The third-order valence-corrected chi connectivity index (χ3v) is 11.1. The van der Waals surface area contributed by atoms with Crippen molar-refractivity contribution in [1.29, 1.82) is 0 Å². The Morgan fingerprint density at radius 3 is 2.29 bits per heavy atom. The number of likely N-dealkylation sites (tertiary alicyclic amines) is 1. The first-order chi connectivity index (χ1) is 27.7. The van der Waals surface area contributed by atoms with Crippen molar-refractivity contribution in [3.8, 4) is 11.1 Å². The van der Waals surface area contributed by atoms with Crippen LogP contribution in [0.1, 0.15) is 65.3 Å². The highest BCUT2D eigenvalue weighted by atomic mass is 32.2. The van der Waals surface area contributed by atoms with Crippen LogP contribution in [-0.2, 0) is 30.5 Å². The van der Waals surface area contributed by atoms with Crippen molar-refractivity contribution in [2.45, 2.75) is 78.4 Å². The van der Waals surface area contributed by atoms with Gasteiger partial charge in [0, 0.05) is 72.9 Å². The van der Waals surface area contributed by atoms with Gasteiger partial charge in [0.05, 0.1) is 6.04 Å². The first-order valence-corrected chi connectivity index (χ1v) is 20.6. The molecule has 5 rings (SSSR count). The van der Waals surface area contributed by atoms with E-state index in [1.807, 2.05) is 66.6 Å². The van der Waals surface area contributed by atoms with Gasteiger partial charge in [-0.3, -0.25) is 24.2 Å². The second kappa shape index (κ2) is 18.9. The van der Waals surface area contributed by atoms with Crippen molar-refractivity contribution in [3.05, 3.63) is 95.8 Å².